The highest BCUT2D eigenvalue weighted by Crippen LogP contribution is 2.21. The number of nitrogens with one attached hydrogen (secondary N) is 3. The Morgan fingerprint density at radius 2 is 2.19 bits per heavy atom. The molecule has 0 fully saturated rings. The lowest BCUT2D eigenvalue weighted by Gasteiger charge is -2.09. The maximum absolute atomic E-state index is 13.3. The van der Waals surface area contributed by atoms with Crippen LogP contribution in [0.4, 0.5) is 15.9 Å². The van der Waals surface area contributed by atoms with Crippen LogP contribution in [0.15, 0.2) is 32.5 Å². The van der Waals surface area contributed by atoms with E-state index in [1.54, 1.807) is 0 Å². The summed E-state index contributed by atoms with van der Waals surface area (Å²) in [7, 11) is 0. The van der Waals surface area contributed by atoms with Gasteiger partial charge >= 0.3 is 0 Å². The van der Waals surface area contributed by atoms with Gasteiger partial charge in [0.2, 0.25) is 11.7 Å². The summed E-state index contributed by atoms with van der Waals surface area (Å²) in [4.78, 5) is 11.8. The summed E-state index contributed by atoms with van der Waals surface area (Å²) in [6, 6.07) is 4.07. The summed E-state index contributed by atoms with van der Waals surface area (Å²) in [6.45, 7) is 0.0276. The van der Waals surface area contributed by atoms with Gasteiger partial charge in [-0.2, -0.15) is 0 Å². The minimum atomic E-state index is -1.80. The molecule has 0 aliphatic heterocycles. The van der Waals surface area contributed by atoms with Crippen LogP contribution in [0.5, 0.6) is 0 Å². The largest absolute Gasteiger partial charge is 0.577 e. The molecule has 0 spiro atoms. The lowest BCUT2D eigenvalue weighted by Crippen LogP contribution is -2.32. The van der Waals surface area contributed by atoms with Crippen LogP contribution in [0.1, 0.15) is 5.69 Å². The zero-order chi connectivity index (χ0) is 18.9. The molecule has 142 valence electrons. The van der Waals surface area contributed by atoms with Gasteiger partial charge in [0.15, 0.2) is 17.2 Å². The Hall–Kier alpha value is -2.01. The van der Waals surface area contributed by atoms with Gasteiger partial charge in [-0.15, -0.1) is 5.14 Å². The van der Waals surface area contributed by atoms with E-state index in [1.165, 1.54) is 18.2 Å². The minimum Gasteiger partial charge on any atom is -0.577 e. The fourth-order valence-corrected chi connectivity index (χ4v) is 2.13. The highest BCUT2D eigenvalue weighted by molar-refractivity contribution is 9.10. The van der Waals surface area contributed by atoms with Crippen molar-refractivity contribution >= 4 is 44.8 Å². The molecule has 1 heterocycles. The van der Waals surface area contributed by atoms with E-state index in [2.05, 4.69) is 46.8 Å². The number of hydrogen-bond acceptors (Lipinski definition) is 11. The smallest absolute Gasteiger partial charge is 0.225 e. The number of hydrogen-bond donors (Lipinski definition) is 5. The average molecular weight is 454 g/mol. The van der Waals surface area contributed by atoms with Crippen molar-refractivity contribution in [3.05, 3.63) is 34.2 Å². The van der Waals surface area contributed by atoms with E-state index >= 15 is 0 Å². The third-order valence-electron chi connectivity index (χ3n) is 2.59. The summed E-state index contributed by atoms with van der Waals surface area (Å²) in [5.41, 5.74) is 2.83. The van der Waals surface area contributed by atoms with Gasteiger partial charge in [-0.25, -0.2) is 14.5 Å². The number of benzene rings is 1. The number of nitrogens with zero attached hydrogens (tertiary/aromatic N) is 3. The molecule has 0 saturated heterocycles. The van der Waals surface area contributed by atoms with Crippen molar-refractivity contribution in [2.75, 3.05) is 24.0 Å². The fourth-order valence-electron chi connectivity index (χ4n) is 1.56. The van der Waals surface area contributed by atoms with Crippen LogP contribution in [0.25, 0.3) is 0 Å². The highest BCUT2D eigenvalue weighted by Gasteiger charge is 2.18. The number of anilines is 2. The fraction of sp³-hybridized carbons (Fsp3) is 0.182. The van der Waals surface area contributed by atoms with Crippen LogP contribution in [-0.2, 0) is 21.2 Å². The molecule has 0 amide bonds. The third kappa shape index (κ3) is 6.06. The van der Waals surface area contributed by atoms with E-state index in [0.717, 1.165) is 0 Å². The van der Waals surface area contributed by atoms with Gasteiger partial charge in [0.1, 0.15) is 12.4 Å². The number of oxime groups is 1. The molecule has 26 heavy (non-hydrogen) atoms. The van der Waals surface area contributed by atoms with Crippen LogP contribution in [0, 0.1) is 5.82 Å². The summed E-state index contributed by atoms with van der Waals surface area (Å²) < 4.78 is 28.6. The number of amidine groups is 1. The molecule has 1 aromatic carbocycles. The van der Waals surface area contributed by atoms with Crippen LogP contribution in [0.3, 0.4) is 0 Å². The van der Waals surface area contributed by atoms with Crippen LogP contribution >= 0.6 is 15.9 Å². The van der Waals surface area contributed by atoms with Crippen LogP contribution in [-0.4, -0.2) is 39.1 Å². The molecule has 2 rings (SSSR count). The van der Waals surface area contributed by atoms with Gasteiger partial charge in [-0.3, -0.25) is 9.68 Å². The van der Waals surface area contributed by atoms with Crippen molar-refractivity contribution in [2.45, 2.75) is 0 Å². The zero-order valence-electron chi connectivity index (χ0n) is 12.8. The van der Waals surface area contributed by atoms with Crippen molar-refractivity contribution in [3.63, 3.8) is 0 Å². The summed E-state index contributed by atoms with van der Waals surface area (Å²) >= 11 is 1.25. The molecule has 0 aliphatic carbocycles. The normalized spacial score (nSPS) is 12.8. The molecule has 6 N–H and O–H groups in total. The Kier molecular flexibility index (Phi) is 7.98. The lowest BCUT2D eigenvalue weighted by atomic mass is 10.3. The first-order chi connectivity index (χ1) is 12.5. The average Bonchev–Trinajstić information content (AvgIpc) is 3.07. The van der Waals surface area contributed by atoms with Crippen molar-refractivity contribution < 1.29 is 28.5 Å². The van der Waals surface area contributed by atoms with Gasteiger partial charge in [0.05, 0.1) is 11.1 Å². The molecule has 12 nitrogen and oxygen atoms in total. The van der Waals surface area contributed by atoms with Gasteiger partial charge in [-0.05, 0) is 44.4 Å². The van der Waals surface area contributed by atoms with Crippen LogP contribution < -0.4 is 20.8 Å². The highest BCUT2D eigenvalue weighted by atomic mass is 79.9. The Morgan fingerprint density at radius 1 is 1.42 bits per heavy atom. The van der Waals surface area contributed by atoms with Crippen molar-refractivity contribution in [1.82, 2.24) is 15.2 Å². The van der Waals surface area contributed by atoms with Crippen molar-refractivity contribution in [1.29, 1.82) is 0 Å². The molecule has 2 aromatic rings. The Bertz CT molecular complexity index is 749. The molecule has 1 unspecified atom stereocenters. The standard InChI is InChI=1S/C11H13BrFN7O5S/c12-7-5-6(1-2-8(7)13)15-10(16-21)9-11(19-25-17-9)18-23-3-4-24-20-26(14)22/h1-2,5,20-21H,3-4,14H2,(H,15,16)(H,18,19). The molecular weight excluding hydrogens is 441 g/mol. The van der Waals surface area contributed by atoms with Gasteiger partial charge in [0.25, 0.3) is 0 Å². The predicted molar refractivity (Wildman–Crippen MR) is 91.3 cm³/mol. The monoisotopic (exact) mass is 453 g/mol. The van der Waals surface area contributed by atoms with Gasteiger partial charge in [0, 0.05) is 10.6 Å². The molecule has 0 aliphatic rings. The van der Waals surface area contributed by atoms with E-state index < -0.39 is 17.4 Å². The zero-order valence-corrected chi connectivity index (χ0v) is 15.2. The second-order valence-corrected chi connectivity index (χ2v) is 5.96. The first kappa shape index (κ1) is 20.3. The first-order valence-corrected chi connectivity index (χ1v) is 8.70. The summed E-state index contributed by atoms with van der Waals surface area (Å²) in [5.74, 6) is -0.582. The summed E-state index contributed by atoms with van der Waals surface area (Å²) in [6.07, 6.45) is 0. The molecule has 1 atom stereocenters. The topological polar surface area (TPSA) is 175 Å². The second kappa shape index (κ2) is 10.2. The second-order valence-electron chi connectivity index (χ2n) is 4.34. The Labute approximate surface area is 157 Å². The van der Waals surface area contributed by atoms with E-state index in [4.69, 9.17) is 14.8 Å². The minimum absolute atomic E-state index is 0.00170. The Balaban J connectivity index is 1.93. The molecular formula is C11H13BrFN7O5S. The van der Waals surface area contributed by atoms with E-state index in [0.29, 0.717) is 5.69 Å². The lowest BCUT2D eigenvalue weighted by molar-refractivity contribution is 0.0425. The van der Waals surface area contributed by atoms with E-state index in [9.17, 15) is 14.2 Å². The molecule has 15 heteroatoms. The SMILES string of the molecule is N[S+]([O-])NOCCONc1nonc1/C(=N/O)Nc1ccc(F)c(Br)c1. The van der Waals surface area contributed by atoms with Crippen LogP contribution in [0.2, 0.25) is 0 Å². The van der Waals surface area contributed by atoms with Gasteiger partial charge in [-0.1, -0.05) is 5.16 Å². The third-order valence-corrected chi connectivity index (χ3v) is 3.48. The number of halogens is 2. The van der Waals surface area contributed by atoms with E-state index in [-0.39, 0.29) is 35.0 Å². The molecule has 1 aromatic heterocycles. The van der Waals surface area contributed by atoms with Crippen molar-refractivity contribution in [2.24, 2.45) is 10.3 Å². The molecule has 0 saturated carbocycles. The maximum atomic E-state index is 13.3. The van der Waals surface area contributed by atoms with Gasteiger partial charge < -0.3 is 15.1 Å². The number of nitrogens with two attached hydrogens (primary N) is 1. The molecule has 0 bridgehead atoms. The van der Waals surface area contributed by atoms with Crippen molar-refractivity contribution in [3.8, 4) is 0 Å². The summed E-state index contributed by atoms with van der Waals surface area (Å²) in [5, 5.41) is 27.1. The maximum Gasteiger partial charge on any atom is 0.225 e. The van der Waals surface area contributed by atoms with E-state index in [1.807, 2.05) is 4.89 Å². The first-order valence-electron chi connectivity index (χ1n) is 6.69. The molecule has 0 radical (unpaired) electrons. The number of aromatic nitrogens is 2. The predicted octanol–water partition coefficient (Wildman–Crippen LogP) is 0.621. The number of rotatable bonds is 9. The quantitative estimate of drug-likeness (QED) is 0.0897. The Morgan fingerprint density at radius 3 is 2.88 bits per heavy atom.